The van der Waals surface area contributed by atoms with Gasteiger partial charge in [0.2, 0.25) is 0 Å². The molecule has 25 heavy (non-hydrogen) atoms. The second kappa shape index (κ2) is 5.94. The molecule has 4 rings (SSSR count). The van der Waals surface area contributed by atoms with Crippen LogP contribution in [0.3, 0.4) is 0 Å². The number of aromatic amines is 1. The molecule has 0 radical (unpaired) electrons. The summed E-state index contributed by atoms with van der Waals surface area (Å²) >= 11 is 0. The molecule has 0 aliphatic heterocycles. The number of pyridine rings is 1. The van der Waals surface area contributed by atoms with Gasteiger partial charge in [-0.25, -0.2) is 4.79 Å². The average molecular weight is 332 g/mol. The highest BCUT2D eigenvalue weighted by Gasteiger charge is 2.18. The summed E-state index contributed by atoms with van der Waals surface area (Å²) in [6.45, 7) is 0. The fourth-order valence-corrected chi connectivity index (χ4v) is 3.24. The number of aromatic hydroxyl groups is 1. The second-order valence-corrected chi connectivity index (χ2v) is 5.88. The van der Waals surface area contributed by atoms with Crippen LogP contribution < -0.4 is 0 Å². The van der Waals surface area contributed by atoms with Crippen LogP contribution in [0.4, 0.5) is 0 Å². The topological polar surface area (TPSA) is 75.2 Å². The zero-order valence-corrected chi connectivity index (χ0v) is 13.6. The van der Waals surface area contributed by atoms with Gasteiger partial charge in [0.15, 0.2) is 0 Å². The SMILES string of the molecule is COC(=O)c1cccc2[nH]c3c(Cc4cccnc4)ccc(O)c3c12. The predicted molar refractivity (Wildman–Crippen MR) is 95.9 cm³/mol. The minimum Gasteiger partial charge on any atom is -0.507 e. The fourth-order valence-electron chi connectivity index (χ4n) is 3.24. The van der Waals surface area contributed by atoms with Crippen molar-refractivity contribution in [1.82, 2.24) is 9.97 Å². The molecule has 5 nitrogen and oxygen atoms in total. The summed E-state index contributed by atoms with van der Waals surface area (Å²) in [5.41, 5.74) is 4.12. The van der Waals surface area contributed by atoms with Gasteiger partial charge in [-0.15, -0.1) is 0 Å². The number of aromatic nitrogens is 2. The number of esters is 1. The lowest BCUT2D eigenvalue weighted by molar-refractivity contribution is 0.0603. The maximum Gasteiger partial charge on any atom is 0.338 e. The molecule has 124 valence electrons. The molecule has 0 saturated carbocycles. The van der Waals surface area contributed by atoms with Crippen molar-refractivity contribution in [3.8, 4) is 5.75 Å². The maximum atomic E-state index is 12.1. The monoisotopic (exact) mass is 332 g/mol. The number of nitrogens with one attached hydrogen (secondary N) is 1. The molecule has 0 saturated heterocycles. The number of carbonyl (C=O) groups excluding carboxylic acids is 1. The molecular weight excluding hydrogens is 316 g/mol. The molecule has 0 amide bonds. The van der Waals surface area contributed by atoms with E-state index in [-0.39, 0.29) is 5.75 Å². The van der Waals surface area contributed by atoms with Crippen LogP contribution >= 0.6 is 0 Å². The van der Waals surface area contributed by atoms with Gasteiger partial charge in [0.05, 0.1) is 23.6 Å². The van der Waals surface area contributed by atoms with Crippen molar-refractivity contribution in [3.05, 3.63) is 71.5 Å². The number of hydrogen-bond acceptors (Lipinski definition) is 4. The van der Waals surface area contributed by atoms with E-state index in [0.717, 1.165) is 22.2 Å². The van der Waals surface area contributed by atoms with E-state index in [2.05, 4.69) is 9.97 Å². The summed E-state index contributed by atoms with van der Waals surface area (Å²) in [6.07, 6.45) is 4.23. The zero-order chi connectivity index (χ0) is 17.4. The molecule has 0 atom stereocenters. The van der Waals surface area contributed by atoms with E-state index >= 15 is 0 Å². The Hall–Kier alpha value is -3.34. The van der Waals surface area contributed by atoms with E-state index < -0.39 is 5.97 Å². The Balaban J connectivity index is 1.99. The predicted octanol–water partition coefficient (Wildman–Crippen LogP) is 3.80. The first-order chi connectivity index (χ1) is 12.2. The van der Waals surface area contributed by atoms with E-state index in [4.69, 9.17) is 4.74 Å². The van der Waals surface area contributed by atoms with Gasteiger partial charge in [0.1, 0.15) is 5.75 Å². The molecule has 2 heterocycles. The minimum absolute atomic E-state index is 0.132. The van der Waals surface area contributed by atoms with Crippen molar-refractivity contribution in [2.75, 3.05) is 7.11 Å². The summed E-state index contributed by atoms with van der Waals surface area (Å²) in [5, 5.41) is 11.8. The standard InChI is InChI=1S/C20H16N2O3/c1-25-20(24)14-5-2-6-15-17(14)18-16(23)8-7-13(19(18)22-15)10-12-4-3-9-21-11-12/h2-9,11,22-23H,10H2,1H3. The van der Waals surface area contributed by atoms with Gasteiger partial charge in [-0.05, 0) is 35.4 Å². The Morgan fingerprint density at radius 1 is 1.16 bits per heavy atom. The first kappa shape index (κ1) is 15.2. The molecule has 2 aromatic heterocycles. The lowest BCUT2D eigenvalue weighted by Crippen LogP contribution is -2.01. The largest absolute Gasteiger partial charge is 0.507 e. The number of methoxy groups -OCH3 is 1. The van der Waals surface area contributed by atoms with Crippen LogP contribution in [0.5, 0.6) is 5.75 Å². The van der Waals surface area contributed by atoms with Gasteiger partial charge in [-0.3, -0.25) is 4.98 Å². The molecule has 5 heteroatoms. The zero-order valence-electron chi connectivity index (χ0n) is 13.6. The van der Waals surface area contributed by atoms with Crippen LogP contribution in [0.1, 0.15) is 21.5 Å². The Morgan fingerprint density at radius 3 is 2.80 bits per heavy atom. The number of ether oxygens (including phenoxy) is 1. The van der Waals surface area contributed by atoms with E-state index in [0.29, 0.717) is 22.8 Å². The number of carbonyl (C=O) groups is 1. The highest BCUT2D eigenvalue weighted by atomic mass is 16.5. The number of nitrogens with zero attached hydrogens (tertiary/aromatic N) is 1. The van der Waals surface area contributed by atoms with Crippen LogP contribution in [0.15, 0.2) is 54.9 Å². The number of rotatable bonds is 3. The highest BCUT2D eigenvalue weighted by Crippen LogP contribution is 2.37. The Morgan fingerprint density at radius 2 is 2.04 bits per heavy atom. The minimum atomic E-state index is -0.427. The molecule has 2 aromatic carbocycles. The fraction of sp³-hybridized carbons (Fsp3) is 0.100. The maximum absolute atomic E-state index is 12.1. The summed E-state index contributed by atoms with van der Waals surface area (Å²) in [6, 6.07) is 12.8. The second-order valence-electron chi connectivity index (χ2n) is 5.88. The van der Waals surface area contributed by atoms with Crippen molar-refractivity contribution in [2.24, 2.45) is 0 Å². The molecule has 4 aromatic rings. The smallest absolute Gasteiger partial charge is 0.338 e. The number of phenols is 1. The molecule has 0 unspecified atom stereocenters. The molecule has 0 fully saturated rings. The highest BCUT2D eigenvalue weighted by molar-refractivity contribution is 6.19. The molecule has 2 N–H and O–H groups in total. The Bertz CT molecular complexity index is 1080. The number of hydrogen-bond donors (Lipinski definition) is 2. The van der Waals surface area contributed by atoms with Gasteiger partial charge in [0, 0.05) is 29.7 Å². The van der Waals surface area contributed by atoms with E-state index in [9.17, 15) is 9.90 Å². The molecule has 0 spiro atoms. The van der Waals surface area contributed by atoms with E-state index in [1.54, 1.807) is 24.4 Å². The van der Waals surface area contributed by atoms with E-state index in [1.165, 1.54) is 7.11 Å². The summed E-state index contributed by atoms with van der Waals surface area (Å²) in [4.78, 5) is 19.6. The number of H-pyrrole nitrogens is 1. The van der Waals surface area contributed by atoms with Crippen molar-refractivity contribution >= 4 is 27.8 Å². The van der Waals surface area contributed by atoms with Crippen LogP contribution in [-0.4, -0.2) is 28.2 Å². The number of fused-ring (bicyclic) bond motifs is 3. The molecule has 0 bridgehead atoms. The summed E-state index contributed by atoms with van der Waals surface area (Å²) < 4.78 is 4.89. The van der Waals surface area contributed by atoms with Crippen molar-refractivity contribution < 1.29 is 14.6 Å². The molecule has 0 aliphatic carbocycles. The average Bonchev–Trinajstić information content (AvgIpc) is 3.05. The van der Waals surface area contributed by atoms with E-state index in [1.807, 2.05) is 30.5 Å². The third-order valence-electron chi connectivity index (χ3n) is 4.37. The molecular formula is C20H16N2O3. The third kappa shape index (κ3) is 2.50. The van der Waals surface area contributed by atoms with Crippen molar-refractivity contribution in [3.63, 3.8) is 0 Å². The Labute approximate surface area is 143 Å². The normalized spacial score (nSPS) is 11.1. The first-order valence-corrected chi connectivity index (χ1v) is 7.91. The summed E-state index contributed by atoms with van der Waals surface area (Å²) in [7, 11) is 1.35. The van der Waals surface area contributed by atoms with Gasteiger partial charge in [0.25, 0.3) is 0 Å². The van der Waals surface area contributed by atoms with Crippen LogP contribution in [0.2, 0.25) is 0 Å². The van der Waals surface area contributed by atoms with Crippen molar-refractivity contribution in [1.29, 1.82) is 0 Å². The van der Waals surface area contributed by atoms with Crippen LogP contribution in [0.25, 0.3) is 21.8 Å². The number of phenolic OH excluding ortho intramolecular Hbond substituents is 1. The van der Waals surface area contributed by atoms with Crippen LogP contribution in [0, 0.1) is 0 Å². The Kier molecular flexibility index (Phi) is 3.61. The lowest BCUT2D eigenvalue weighted by Gasteiger charge is -2.06. The molecule has 0 aliphatic rings. The number of benzene rings is 2. The summed E-state index contributed by atoms with van der Waals surface area (Å²) in [5.74, 6) is -0.295. The van der Waals surface area contributed by atoms with Gasteiger partial charge >= 0.3 is 5.97 Å². The van der Waals surface area contributed by atoms with Gasteiger partial charge in [-0.2, -0.15) is 0 Å². The quantitative estimate of drug-likeness (QED) is 0.560. The van der Waals surface area contributed by atoms with Gasteiger partial charge < -0.3 is 14.8 Å². The van der Waals surface area contributed by atoms with Gasteiger partial charge in [-0.1, -0.05) is 18.2 Å². The third-order valence-corrected chi connectivity index (χ3v) is 4.37. The van der Waals surface area contributed by atoms with Crippen molar-refractivity contribution in [2.45, 2.75) is 6.42 Å². The lowest BCUT2D eigenvalue weighted by atomic mass is 10.0. The van der Waals surface area contributed by atoms with Crippen LogP contribution in [-0.2, 0) is 11.2 Å². The first-order valence-electron chi connectivity index (χ1n) is 7.91.